The number of ether oxygens (including phenoxy) is 1. The number of methoxy groups -OCH3 is 1. The van der Waals surface area contributed by atoms with Crippen molar-refractivity contribution in [2.45, 2.75) is 53.4 Å². The van der Waals surface area contributed by atoms with Gasteiger partial charge in [0.15, 0.2) is 0 Å². The maximum Gasteiger partial charge on any atom is 0.138 e. The van der Waals surface area contributed by atoms with E-state index in [2.05, 4.69) is 27.7 Å². The third-order valence-corrected chi connectivity index (χ3v) is 2.78. The van der Waals surface area contributed by atoms with E-state index in [0.29, 0.717) is 24.2 Å². The fraction of sp³-hybridized carbons (Fsp3) is 0.929. The van der Waals surface area contributed by atoms with Crippen LogP contribution in [-0.4, -0.2) is 19.5 Å². The summed E-state index contributed by atoms with van der Waals surface area (Å²) >= 11 is 0. The van der Waals surface area contributed by atoms with Crippen LogP contribution in [0.1, 0.15) is 53.4 Å². The Kier molecular flexibility index (Phi) is 8.54. The molecule has 16 heavy (non-hydrogen) atoms. The molecule has 0 fully saturated rings. The minimum absolute atomic E-state index is 0.108. The van der Waals surface area contributed by atoms with Crippen LogP contribution in [-0.2, 0) is 9.53 Å². The topological polar surface area (TPSA) is 26.3 Å². The first-order valence-corrected chi connectivity index (χ1v) is 6.49. The highest BCUT2D eigenvalue weighted by Gasteiger charge is 2.19. The largest absolute Gasteiger partial charge is 0.384 e. The van der Waals surface area contributed by atoms with Gasteiger partial charge in [-0.1, -0.05) is 34.1 Å². The zero-order valence-corrected chi connectivity index (χ0v) is 11.6. The summed E-state index contributed by atoms with van der Waals surface area (Å²) in [6, 6.07) is 0. The maximum atomic E-state index is 12.0. The Morgan fingerprint density at radius 3 is 2.19 bits per heavy atom. The van der Waals surface area contributed by atoms with Crippen molar-refractivity contribution in [1.29, 1.82) is 0 Å². The van der Waals surface area contributed by atoms with E-state index in [-0.39, 0.29) is 5.92 Å². The first kappa shape index (κ1) is 15.6. The molecule has 0 amide bonds. The second-order valence-electron chi connectivity index (χ2n) is 5.53. The predicted octanol–water partition coefficient (Wildman–Crippen LogP) is 3.69. The summed E-state index contributed by atoms with van der Waals surface area (Å²) in [7, 11) is 1.68. The smallest absolute Gasteiger partial charge is 0.138 e. The van der Waals surface area contributed by atoms with Crippen LogP contribution >= 0.6 is 0 Å². The third kappa shape index (κ3) is 7.86. The van der Waals surface area contributed by atoms with E-state index < -0.39 is 0 Å². The van der Waals surface area contributed by atoms with Gasteiger partial charge in [-0.05, 0) is 24.7 Å². The molecule has 2 nitrogen and oxygen atoms in total. The molecule has 0 aliphatic carbocycles. The fourth-order valence-electron chi connectivity index (χ4n) is 1.95. The minimum Gasteiger partial charge on any atom is -0.384 e. The molecule has 0 aliphatic heterocycles. The molecule has 0 N–H and O–H groups in total. The average molecular weight is 228 g/mol. The first-order valence-electron chi connectivity index (χ1n) is 6.49. The van der Waals surface area contributed by atoms with Gasteiger partial charge in [-0.25, -0.2) is 0 Å². The zero-order valence-electron chi connectivity index (χ0n) is 11.6. The van der Waals surface area contributed by atoms with E-state index in [1.54, 1.807) is 7.11 Å². The van der Waals surface area contributed by atoms with E-state index in [4.69, 9.17) is 4.74 Å². The molecule has 0 heterocycles. The normalized spacial score (nSPS) is 13.4. The van der Waals surface area contributed by atoms with Crippen molar-refractivity contribution in [3.63, 3.8) is 0 Å². The Morgan fingerprint density at radius 1 is 1.12 bits per heavy atom. The van der Waals surface area contributed by atoms with Gasteiger partial charge >= 0.3 is 0 Å². The summed E-state index contributed by atoms with van der Waals surface area (Å²) in [6.45, 7) is 9.29. The van der Waals surface area contributed by atoms with Gasteiger partial charge in [0.1, 0.15) is 5.78 Å². The molecule has 0 aliphatic rings. The van der Waals surface area contributed by atoms with Crippen molar-refractivity contribution >= 4 is 5.78 Å². The highest BCUT2D eigenvalue weighted by molar-refractivity contribution is 5.81. The van der Waals surface area contributed by atoms with Crippen LogP contribution in [0.15, 0.2) is 0 Å². The number of carbonyl (C=O) groups excluding carboxylic acids is 1. The lowest BCUT2D eigenvalue weighted by Gasteiger charge is -2.17. The van der Waals surface area contributed by atoms with Gasteiger partial charge in [0.25, 0.3) is 0 Å². The SMILES string of the molecule is COCC(CC(C)C)C(=O)CCCC(C)C. The number of hydrogen-bond acceptors (Lipinski definition) is 2. The standard InChI is InChI=1S/C14H28O2/c1-11(2)7-6-8-14(15)13(10-16-5)9-12(3)4/h11-13H,6-10H2,1-5H3. The van der Waals surface area contributed by atoms with Crippen LogP contribution in [0.5, 0.6) is 0 Å². The Balaban J connectivity index is 3.96. The summed E-state index contributed by atoms with van der Waals surface area (Å²) in [5.41, 5.74) is 0. The van der Waals surface area contributed by atoms with E-state index in [1.165, 1.54) is 0 Å². The van der Waals surface area contributed by atoms with Gasteiger partial charge in [0.2, 0.25) is 0 Å². The number of Topliss-reactive ketones (excluding diaryl/α,β-unsaturated/α-hetero) is 1. The Labute approximate surface area is 101 Å². The lowest BCUT2D eigenvalue weighted by atomic mass is 9.91. The maximum absolute atomic E-state index is 12.0. The van der Waals surface area contributed by atoms with E-state index >= 15 is 0 Å². The summed E-state index contributed by atoms with van der Waals surface area (Å²) < 4.78 is 5.13. The number of ketones is 1. The molecule has 1 atom stereocenters. The highest BCUT2D eigenvalue weighted by atomic mass is 16.5. The molecule has 0 aromatic heterocycles. The van der Waals surface area contributed by atoms with Gasteiger partial charge in [0, 0.05) is 19.4 Å². The highest BCUT2D eigenvalue weighted by Crippen LogP contribution is 2.17. The zero-order chi connectivity index (χ0) is 12.6. The number of hydrogen-bond donors (Lipinski definition) is 0. The summed E-state index contributed by atoms with van der Waals surface area (Å²) in [4.78, 5) is 12.0. The van der Waals surface area contributed by atoms with Crippen LogP contribution < -0.4 is 0 Å². The second kappa shape index (κ2) is 8.74. The van der Waals surface area contributed by atoms with Gasteiger partial charge in [-0.2, -0.15) is 0 Å². The molecule has 0 aromatic carbocycles. The van der Waals surface area contributed by atoms with E-state index in [1.807, 2.05) is 0 Å². The molecule has 0 saturated carbocycles. The van der Waals surface area contributed by atoms with E-state index in [9.17, 15) is 4.79 Å². The monoisotopic (exact) mass is 228 g/mol. The molecule has 0 saturated heterocycles. The lowest BCUT2D eigenvalue weighted by molar-refractivity contribution is -0.125. The minimum atomic E-state index is 0.108. The number of carbonyl (C=O) groups is 1. The van der Waals surface area contributed by atoms with Crippen LogP contribution in [0.3, 0.4) is 0 Å². The molecule has 0 rings (SSSR count). The summed E-state index contributed by atoms with van der Waals surface area (Å²) in [6.07, 6.45) is 3.84. The van der Waals surface area contributed by atoms with Crippen molar-refractivity contribution in [2.24, 2.45) is 17.8 Å². The Morgan fingerprint density at radius 2 is 1.75 bits per heavy atom. The fourth-order valence-corrected chi connectivity index (χ4v) is 1.95. The molecular weight excluding hydrogens is 200 g/mol. The number of rotatable bonds is 9. The molecular formula is C14H28O2. The molecule has 0 bridgehead atoms. The Hall–Kier alpha value is -0.370. The molecule has 96 valence electrons. The van der Waals surface area contributed by atoms with Crippen molar-refractivity contribution in [2.75, 3.05) is 13.7 Å². The van der Waals surface area contributed by atoms with Gasteiger partial charge in [-0.15, -0.1) is 0 Å². The molecule has 0 radical (unpaired) electrons. The second-order valence-corrected chi connectivity index (χ2v) is 5.53. The van der Waals surface area contributed by atoms with Crippen LogP contribution in [0.25, 0.3) is 0 Å². The predicted molar refractivity (Wildman–Crippen MR) is 68.5 cm³/mol. The third-order valence-electron chi connectivity index (χ3n) is 2.78. The Bertz CT molecular complexity index is 185. The quantitative estimate of drug-likeness (QED) is 0.601. The molecule has 2 heteroatoms. The van der Waals surface area contributed by atoms with Crippen LogP contribution in [0.2, 0.25) is 0 Å². The van der Waals surface area contributed by atoms with Crippen molar-refractivity contribution in [3.05, 3.63) is 0 Å². The lowest BCUT2D eigenvalue weighted by Crippen LogP contribution is -2.21. The van der Waals surface area contributed by atoms with Crippen molar-refractivity contribution in [1.82, 2.24) is 0 Å². The van der Waals surface area contributed by atoms with Crippen molar-refractivity contribution < 1.29 is 9.53 Å². The van der Waals surface area contributed by atoms with Gasteiger partial charge < -0.3 is 4.74 Å². The van der Waals surface area contributed by atoms with Gasteiger partial charge in [0.05, 0.1) is 6.61 Å². The molecule has 0 spiro atoms. The molecule has 1 unspecified atom stereocenters. The molecule has 0 aromatic rings. The van der Waals surface area contributed by atoms with Gasteiger partial charge in [-0.3, -0.25) is 4.79 Å². The first-order chi connectivity index (χ1) is 7.47. The average Bonchev–Trinajstić information content (AvgIpc) is 2.15. The summed E-state index contributed by atoms with van der Waals surface area (Å²) in [5.74, 6) is 1.75. The van der Waals surface area contributed by atoms with Crippen molar-refractivity contribution in [3.8, 4) is 0 Å². The van der Waals surface area contributed by atoms with Crippen LogP contribution in [0, 0.1) is 17.8 Å². The van der Waals surface area contributed by atoms with E-state index in [0.717, 1.165) is 25.7 Å². The summed E-state index contributed by atoms with van der Waals surface area (Å²) in [5, 5.41) is 0. The van der Waals surface area contributed by atoms with Crippen LogP contribution in [0.4, 0.5) is 0 Å².